The van der Waals surface area contributed by atoms with Gasteiger partial charge in [-0.05, 0) is 31.9 Å². The van der Waals surface area contributed by atoms with Gasteiger partial charge in [0.15, 0.2) is 0 Å². The van der Waals surface area contributed by atoms with Crippen molar-refractivity contribution in [3.05, 3.63) is 11.6 Å². The number of carboxylic acid groups (broad SMARTS) is 1. The molecule has 2 unspecified atom stereocenters. The molecule has 2 rings (SSSR count). The molecule has 12 heavy (non-hydrogen) atoms. The van der Waals surface area contributed by atoms with Crippen molar-refractivity contribution in [1.82, 2.24) is 4.90 Å². The molecule has 3 nitrogen and oxygen atoms in total. The lowest BCUT2D eigenvalue weighted by atomic mass is 10.0. The van der Waals surface area contributed by atoms with Crippen LogP contribution in [0.2, 0.25) is 0 Å². The fourth-order valence-electron chi connectivity index (χ4n) is 2.19. The topological polar surface area (TPSA) is 43.4 Å². The maximum absolute atomic E-state index is 10.6. The normalized spacial score (nSPS) is 34.9. The summed E-state index contributed by atoms with van der Waals surface area (Å²) < 4.78 is 0. The highest BCUT2D eigenvalue weighted by atomic mass is 16.4. The van der Waals surface area contributed by atoms with Gasteiger partial charge in [0.05, 0.1) is 5.97 Å². The highest BCUT2D eigenvalue weighted by Gasteiger charge is 2.33. The number of carbonyl (C=O) groups is 1. The van der Waals surface area contributed by atoms with Crippen LogP contribution in [-0.2, 0) is 4.79 Å². The Morgan fingerprint density at radius 2 is 2.42 bits per heavy atom. The molecular weight excluding hydrogens is 154 g/mol. The molecule has 0 saturated carbocycles. The summed E-state index contributed by atoms with van der Waals surface area (Å²) in [4.78, 5) is 12.8. The Morgan fingerprint density at radius 3 is 3.00 bits per heavy atom. The van der Waals surface area contributed by atoms with E-state index in [0.717, 1.165) is 12.8 Å². The first-order valence-corrected chi connectivity index (χ1v) is 4.32. The highest BCUT2D eigenvalue weighted by molar-refractivity contribution is 5.85. The number of carbonyl (C=O) groups excluding carboxylic acids is 1. The number of carboxylic acids is 1. The van der Waals surface area contributed by atoms with E-state index in [4.69, 9.17) is 0 Å². The molecular formula is C9H12NO2-. The van der Waals surface area contributed by atoms with Crippen LogP contribution in [0.25, 0.3) is 0 Å². The molecule has 1 fully saturated rings. The molecule has 0 radical (unpaired) electrons. The fraction of sp³-hybridized carbons (Fsp3) is 0.667. The lowest BCUT2D eigenvalue weighted by Crippen LogP contribution is -2.38. The molecule has 0 N–H and O–H groups in total. The molecule has 0 amide bonds. The number of aliphatic carboxylic acids is 1. The minimum absolute atomic E-state index is 0.344. The van der Waals surface area contributed by atoms with Crippen molar-refractivity contribution in [2.75, 3.05) is 7.05 Å². The van der Waals surface area contributed by atoms with Crippen LogP contribution >= 0.6 is 0 Å². The minimum Gasteiger partial charge on any atom is -0.545 e. The van der Waals surface area contributed by atoms with E-state index >= 15 is 0 Å². The molecule has 2 aliphatic rings. The molecule has 2 aliphatic heterocycles. The number of fused-ring (bicyclic) bond motifs is 2. The first-order valence-electron chi connectivity index (χ1n) is 4.32. The zero-order valence-electron chi connectivity index (χ0n) is 7.12. The Balaban J connectivity index is 2.23. The van der Waals surface area contributed by atoms with Crippen LogP contribution in [0.15, 0.2) is 11.6 Å². The van der Waals surface area contributed by atoms with Crippen molar-refractivity contribution >= 4 is 5.97 Å². The van der Waals surface area contributed by atoms with Gasteiger partial charge in [-0.15, -0.1) is 0 Å². The Labute approximate surface area is 71.7 Å². The van der Waals surface area contributed by atoms with Gasteiger partial charge < -0.3 is 9.90 Å². The summed E-state index contributed by atoms with van der Waals surface area (Å²) in [5, 5.41) is 10.6. The van der Waals surface area contributed by atoms with Gasteiger partial charge in [0.1, 0.15) is 0 Å². The van der Waals surface area contributed by atoms with Gasteiger partial charge in [0.25, 0.3) is 0 Å². The quantitative estimate of drug-likeness (QED) is 0.529. The van der Waals surface area contributed by atoms with Gasteiger partial charge in [-0.25, -0.2) is 0 Å². The van der Waals surface area contributed by atoms with Crippen molar-refractivity contribution < 1.29 is 9.90 Å². The predicted molar refractivity (Wildman–Crippen MR) is 42.3 cm³/mol. The summed E-state index contributed by atoms with van der Waals surface area (Å²) in [6.07, 6.45) is 4.72. The molecule has 0 aliphatic carbocycles. The minimum atomic E-state index is -0.986. The summed E-state index contributed by atoms with van der Waals surface area (Å²) in [5.74, 6) is -0.986. The van der Waals surface area contributed by atoms with Crippen molar-refractivity contribution in [3.63, 3.8) is 0 Å². The van der Waals surface area contributed by atoms with E-state index in [2.05, 4.69) is 11.9 Å². The Bertz CT molecular complexity index is 247. The van der Waals surface area contributed by atoms with Gasteiger partial charge in [-0.3, -0.25) is 4.90 Å². The van der Waals surface area contributed by atoms with Crippen molar-refractivity contribution in [1.29, 1.82) is 0 Å². The summed E-state index contributed by atoms with van der Waals surface area (Å²) in [7, 11) is 2.06. The number of nitrogens with zero attached hydrogens (tertiary/aromatic N) is 1. The third-order valence-electron chi connectivity index (χ3n) is 3.01. The van der Waals surface area contributed by atoms with Crippen molar-refractivity contribution in [2.45, 2.75) is 31.3 Å². The van der Waals surface area contributed by atoms with Gasteiger partial charge >= 0.3 is 0 Å². The fourth-order valence-corrected chi connectivity index (χ4v) is 2.19. The highest BCUT2D eigenvalue weighted by Crippen LogP contribution is 2.32. The van der Waals surface area contributed by atoms with E-state index in [-0.39, 0.29) is 0 Å². The molecule has 0 aromatic heterocycles. The first kappa shape index (κ1) is 7.80. The zero-order chi connectivity index (χ0) is 8.72. The smallest absolute Gasteiger partial charge is 0.0672 e. The van der Waals surface area contributed by atoms with E-state index < -0.39 is 5.97 Å². The zero-order valence-corrected chi connectivity index (χ0v) is 7.12. The molecule has 66 valence electrons. The molecule has 0 spiro atoms. The maximum Gasteiger partial charge on any atom is 0.0672 e. The largest absolute Gasteiger partial charge is 0.545 e. The molecule has 2 atom stereocenters. The average Bonchev–Trinajstić information content (AvgIpc) is 2.30. The lowest BCUT2D eigenvalue weighted by molar-refractivity contribution is -0.299. The van der Waals surface area contributed by atoms with Crippen LogP contribution in [0.4, 0.5) is 0 Å². The number of likely N-dealkylation sites (N-methyl/N-ethyl adjacent to an activating group) is 1. The van der Waals surface area contributed by atoms with Crippen LogP contribution in [0.1, 0.15) is 19.3 Å². The second-order valence-corrected chi connectivity index (χ2v) is 3.65. The average molecular weight is 166 g/mol. The van der Waals surface area contributed by atoms with Crippen LogP contribution in [-0.4, -0.2) is 30.0 Å². The molecule has 1 saturated heterocycles. The third-order valence-corrected chi connectivity index (χ3v) is 3.01. The van der Waals surface area contributed by atoms with Gasteiger partial charge in [0.2, 0.25) is 0 Å². The predicted octanol–water partition coefficient (Wildman–Crippen LogP) is -0.471. The van der Waals surface area contributed by atoms with Crippen molar-refractivity contribution in [3.8, 4) is 0 Å². The second kappa shape index (κ2) is 2.59. The number of hydrogen-bond donors (Lipinski definition) is 0. The molecule has 0 aromatic rings. The van der Waals surface area contributed by atoms with E-state index in [0.29, 0.717) is 24.1 Å². The maximum atomic E-state index is 10.6. The van der Waals surface area contributed by atoms with E-state index in [9.17, 15) is 9.90 Å². The van der Waals surface area contributed by atoms with E-state index in [1.54, 1.807) is 0 Å². The van der Waals surface area contributed by atoms with Crippen molar-refractivity contribution in [2.24, 2.45) is 0 Å². The van der Waals surface area contributed by atoms with Crippen LogP contribution in [0, 0.1) is 0 Å². The van der Waals surface area contributed by atoms with Crippen LogP contribution in [0.5, 0.6) is 0 Å². The van der Waals surface area contributed by atoms with Crippen LogP contribution in [0.3, 0.4) is 0 Å². The second-order valence-electron chi connectivity index (χ2n) is 3.65. The summed E-state index contributed by atoms with van der Waals surface area (Å²) in [6, 6.07) is 0.782. The Hall–Kier alpha value is -0.830. The molecule has 2 bridgehead atoms. The first-order chi connectivity index (χ1) is 5.68. The van der Waals surface area contributed by atoms with E-state index in [1.807, 2.05) is 6.08 Å². The lowest BCUT2D eigenvalue weighted by Gasteiger charge is -2.30. The molecule has 2 heterocycles. The standard InChI is InChI=1S/C9H13NO2/c1-10-7-2-3-8(10)5-6(4-7)9(11)12/h4,7-8H,2-3,5H2,1H3,(H,11,12)/p-1. The number of rotatable bonds is 1. The summed E-state index contributed by atoms with van der Waals surface area (Å²) >= 11 is 0. The van der Waals surface area contributed by atoms with Gasteiger partial charge in [0, 0.05) is 12.1 Å². The van der Waals surface area contributed by atoms with Gasteiger partial charge in [-0.2, -0.15) is 0 Å². The number of hydrogen-bond acceptors (Lipinski definition) is 3. The van der Waals surface area contributed by atoms with Crippen LogP contribution < -0.4 is 5.11 Å². The Morgan fingerprint density at radius 1 is 1.67 bits per heavy atom. The summed E-state index contributed by atoms with van der Waals surface area (Å²) in [6.45, 7) is 0. The SMILES string of the molecule is CN1C2C=C(C(=O)[O-])CC1CC2. The van der Waals surface area contributed by atoms with E-state index in [1.165, 1.54) is 0 Å². The Kier molecular flexibility index (Phi) is 1.68. The molecule has 0 aromatic carbocycles. The third kappa shape index (κ3) is 1.05. The molecule has 3 heteroatoms. The summed E-state index contributed by atoms with van der Waals surface area (Å²) in [5.41, 5.74) is 0.501. The van der Waals surface area contributed by atoms with Gasteiger partial charge in [-0.1, -0.05) is 6.08 Å². The monoisotopic (exact) mass is 166 g/mol.